The normalized spacial score (nSPS) is 17.8. The number of nitrogens with one attached hydrogen (secondary N) is 1. The summed E-state index contributed by atoms with van der Waals surface area (Å²) >= 11 is 0. The molecule has 3 N–H and O–H groups in total. The van der Waals surface area contributed by atoms with Gasteiger partial charge in [0.15, 0.2) is 0 Å². The molecule has 1 aliphatic rings. The molecule has 3 amide bonds. The standard InChI is InChI=1S/C27H32F4N4O3/c1-3-4-22-26(38)35(14-13-34(22)25(37)21(32)15-17-7-11-20(28)12-8-17)23(24(36)33-2)16-18-5-9-19(10-6-18)27(29,30)31/h5-12,21-23H,3-4,13-16,32H2,1-2H3,(H,33,36)/t21-,22+,23+/m1/s1. The van der Waals surface area contributed by atoms with Crippen LogP contribution in [-0.4, -0.2) is 65.8 Å². The second kappa shape index (κ2) is 12.4. The van der Waals surface area contributed by atoms with Crippen LogP contribution in [0.2, 0.25) is 0 Å². The fourth-order valence-corrected chi connectivity index (χ4v) is 4.67. The molecule has 11 heteroatoms. The zero-order chi connectivity index (χ0) is 28.0. The largest absolute Gasteiger partial charge is 0.416 e. The second-order valence-electron chi connectivity index (χ2n) is 9.33. The topological polar surface area (TPSA) is 95.7 Å². The van der Waals surface area contributed by atoms with Gasteiger partial charge in [0.2, 0.25) is 17.7 Å². The maximum atomic E-state index is 13.6. The molecule has 1 heterocycles. The Labute approximate surface area is 219 Å². The minimum Gasteiger partial charge on any atom is -0.357 e. The summed E-state index contributed by atoms with van der Waals surface area (Å²) in [6.45, 7) is 2.07. The van der Waals surface area contributed by atoms with Crippen molar-refractivity contribution in [3.05, 3.63) is 71.0 Å². The van der Waals surface area contributed by atoms with Crippen LogP contribution < -0.4 is 11.1 Å². The van der Waals surface area contributed by atoms with Crippen molar-refractivity contribution in [3.63, 3.8) is 0 Å². The molecule has 0 radical (unpaired) electrons. The summed E-state index contributed by atoms with van der Waals surface area (Å²) in [6, 6.07) is 7.38. The Bertz CT molecular complexity index is 1120. The molecule has 2 aromatic carbocycles. The summed E-state index contributed by atoms with van der Waals surface area (Å²) in [5.74, 6) is -1.69. The van der Waals surface area contributed by atoms with Crippen molar-refractivity contribution >= 4 is 17.7 Å². The molecule has 38 heavy (non-hydrogen) atoms. The van der Waals surface area contributed by atoms with Gasteiger partial charge in [-0.05, 0) is 48.2 Å². The van der Waals surface area contributed by atoms with E-state index in [2.05, 4.69) is 5.32 Å². The minimum absolute atomic E-state index is 0.0143. The average Bonchev–Trinajstić information content (AvgIpc) is 2.89. The van der Waals surface area contributed by atoms with Crippen LogP contribution in [0.5, 0.6) is 0 Å². The van der Waals surface area contributed by atoms with E-state index < -0.39 is 53.4 Å². The van der Waals surface area contributed by atoms with Crippen molar-refractivity contribution in [2.24, 2.45) is 5.73 Å². The van der Waals surface area contributed by atoms with Crippen LogP contribution in [0.4, 0.5) is 17.6 Å². The minimum atomic E-state index is -4.48. The first kappa shape index (κ1) is 29.1. The van der Waals surface area contributed by atoms with Gasteiger partial charge >= 0.3 is 6.18 Å². The third kappa shape index (κ3) is 6.89. The molecule has 3 atom stereocenters. The number of nitrogens with zero attached hydrogens (tertiary/aromatic N) is 2. The van der Waals surface area contributed by atoms with Crippen LogP contribution in [0.15, 0.2) is 48.5 Å². The molecule has 1 saturated heterocycles. The Morgan fingerprint density at radius 2 is 1.61 bits per heavy atom. The molecule has 0 spiro atoms. The smallest absolute Gasteiger partial charge is 0.357 e. The predicted octanol–water partition coefficient (Wildman–Crippen LogP) is 2.91. The number of piperazine rings is 1. The highest BCUT2D eigenvalue weighted by atomic mass is 19.4. The monoisotopic (exact) mass is 536 g/mol. The maximum absolute atomic E-state index is 13.6. The van der Waals surface area contributed by atoms with E-state index in [1.807, 2.05) is 6.92 Å². The Kier molecular flexibility index (Phi) is 9.48. The van der Waals surface area contributed by atoms with E-state index in [0.717, 1.165) is 12.1 Å². The number of amides is 3. The molecule has 7 nitrogen and oxygen atoms in total. The molecule has 0 unspecified atom stereocenters. The van der Waals surface area contributed by atoms with Gasteiger partial charge in [-0.1, -0.05) is 37.6 Å². The molecule has 0 saturated carbocycles. The van der Waals surface area contributed by atoms with Crippen LogP contribution in [0.25, 0.3) is 0 Å². The molecular formula is C27H32F4N4O3. The lowest BCUT2D eigenvalue weighted by molar-refractivity contribution is -0.156. The van der Waals surface area contributed by atoms with E-state index in [1.54, 1.807) is 12.1 Å². The van der Waals surface area contributed by atoms with Crippen molar-refractivity contribution < 1.29 is 31.9 Å². The van der Waals surface area contributed by atoms with Gasteiger partial charge in [0.25, 0.3) is 0 Å². The molecule has 206 valence electrons. The van der Waals surface area contributed by atoms with Crippen LogP contribution in [0.1, 0.15) is 36.5 Å². The SMILES string of the molecule is CCC[C@H]1C(=O)N([C@@H](Cc2ccc(C(F)(F)F)cc2)C(=O)NC)CCN1C(=O)[C@H](N)Cc1ccc(F)cc1. The van der Waals surface area contributed by atoms with E-state index in [-0.39, 0.29) is 25.9 Å². The van der Waals surface area contributed by atoms with Gasteiger partial charge in [0, 0.05) is 26.6 Å². The number of likely N-dealkylation sites (N-methyl/N-ethyl adjacent to an activating group) is 1. The van der Waals surface area contributed by atoms with Gasteiger partial charge in [-0.2, -0.15) is 13.2 Å². The number of benzene rings is 2. The Hall–Kier alpha value is -3.47. The number of carbonyl (C=O) groups is 3. The van der Waals surface area contributed by atoms with Crippen LogP contribution in [0.3, 0.4) is 0 Å². The Morgan fingerprint density at radius 1 is 1.03 bits per heavy atom. The summed E-state index contributed by atoms with van der Waals surface area (Å²) in [7, 11) is 1.42. The van der Waals surface area contributed by atoms with Gasteiger partial charge in [-0.15, -0.1) is 0 Å². The van der Waals surface area contributed by atoms with Crippen LogP contribution in [-0.2, 0) is 33.4 Å². The number of halogens is 4. The van der Waals surface area contributed by atoms with E-state index in [0.29, 0.717) is 24.0 Å². The van der Waals surface area contributed by atoms with Crippen LogP contribution in [0, 0.1) is 5.82 Å². The van der Waals surface area contributed by atoms with Gasteiger partial charge in [0.05, 0.1) is 11.6 Å². The molecule has 1 aliphatic heterocycles. The van der Waals surface area contributed by atoms with Gasteiger partial charge in [0.1, 0.15) is 17.9 Å². The molecule has 0 aromatic heterocycles. The van der Waals surface area contributed by atoms with Gasteiger partial charge in [-0.25, -0.2) is 4.39 Å². The zero-order valence-electron chi connectivity index (χ0n) is 21.3. The molecular weight excluding hydrogens is 504 g/mol. The lowest BCUT2D eigenvalue weighted by Crippen LogP contribution is -2.65. The summed E-state index contributed by atoms with van der Waals surface area (Å²) in [4.78, 5) is 42.5. The van der Waals surface area contributed by atoms with E-state index in [9.17, 15) is 31.9 Å². The Morgan fingerprint density at radius 3 is 2.16 bits per heavy atom. The number of rotatable bonds is 9. The van der Waals surface area contributed by atoms with Crippen LogP contribution >= 0.6 is 0 Å². The van der Waals surface area contributed by atoms with Crippen molar-refractivity contribution in [3.8, 4) is 0 Å². The lowest BCUT2D eigenvalue weighted by atomic mass is 9.97. The van der Waals surface area contributed by atoms with E-state index in [1.165, 1.54) is 41.1 Å². The predicted molar refractivity (Wildman–Crippen MR) is 133 cm³/mol. The van der Waals surface area contributed by atoms with E-state index >= 15 is 0 Å². The number of carbonyl (C=O) groups excluding carboxylic acids is 3. The maximum Gasteiger partial charge on any atom is 0.416 e. The number of nitrogens with two attached hydrogens (primary N) is 1. The first-order chi connectivity index (χ1) is 18.0. The van der Waals surface area contributed by atoms with Gasteiger partial charge < -0.3 is 20.9 Å². The molecule has 3 rings (SSSR count). The summed E-state index contributed by atoms with van der Waals surface area (Å²) in [6.07, 6.45) is -3.36. The van der Waals surface area contributed by atoms with Crippen molar-refractivity contribution in [2.45, 2.75) is 56.9 Å². The first-order valence-corrected chi connectivity index (χ1v) is 12.4. The fraction of sp³-hybridized carbons (Fsp3) is 0.444. The average molecular weight is 537 g/mol. The van der Waals surface area contributed by atoms with Crippen molar-refractivity contribution in [1.29, 1.82) is 0 Å². The fourth-order valence-electron chi connectivity index (χ4n) is 4.67. The number of hydrogen-bond acceptors (Lipinski definition) is 4. The zero-order valence-corrected chi connectivity index (χ0v) is 21.3. The van der Waals surface area contributed by atoms with E-state index in [4.69, 9.17) is 5.73 Å². The third-order valence-corrected chi connectivity index (χ3v) is 6.69. The molecule has 1 fully saturated rings. The summed E-state index contributed by atoms with van der Waals surface area (Å²) in [5.41, 5.74) is 6.52. The highest BCUT2D eigenvalue weighted by Gasteiger charge is 2.42. The lowest BCUT2D eigenvalue weighted by Gasteiger charge is -2.44. The quantitative estimate of drug-likeness (QED) is 0.482. The second-order valence-corrected chi connectivity index (χ2v) is 9.33. The molecule has 0 bridgehead atoms. The summed E-state index contributed by atoms with van der Waals surface area (Å²) in [5, 5.41) is 2.53. The first-order valence-electron chi connectivity index (χ1n) is 12.4. The Balaban J connectivity index is 1.78. The third-order valence-electron chi connectivity index (χ3n) is 6.69. The molecule has 2 aromatic rings. The summed E-state index contributed by atoms with van der Waals surface area (Å²) < 4.78 is 52.1. The highest BCUT2D eigenvalue weighted by molar-refractivity contribution is 5.94. The molecule has 0 aliphatic carbocycles. The van der Waals surface area contributed by atoms with Crippen molar-refractivity contribution in [1.82, 2.24) is 15.1 Å². The highest BCUT2D eigenvalue weighted by Crippen LogP contribution is 2.29. The van der Waals surface area contributed by atoms with Gasteiger partial charge in [-0.3, -0.25) is 14.4 Å². The number of hydrogen-bond donors (Lipinski definition) is 2. The number of alkyl halides is 3. The van der Waals surface area contributed by atoms with Crippen molar-refractivity contribution in [2.75, 3.05) is 20.1 Å².